The Morgan fingerprint density at radius 3 is 2.35 bits per heavy atom. The van der Waals surface area contributed by atoms with E-state index < -0.39 is 23.3 Å². The molecule has 180 valence electrons. The monoisotopic (exact) mass is 475 g/mol. The van der Waals surface area contributed by atoms with Gasteiger partial charge in [-0.3, -0.25) is 4.98 Å². The minimum absolute atomic E-state index is 0.219. The number of aromatic hydroxyl groups is 1. The highest BCUT2D eigenvalue weighted by Gasteiger charge is 2.32. The number of piperidine rings is 1. The number of methoxy groups -OCH3 is 1. The van der Waals surface area contributed by atoms with Crippen molar-refractivity contribution in [1.82, 2.24) is 10.3 Å². The number of phenolic OH excluding ortho intramolecular Hbond substituents is 1. The van der Waals surface area contributed by atoms with E-state index in [4.69, 9.17) is 4.74 Å². The summed E-state index contributed by atoms with van der Waals surface area (Å²) in [7, 11) is 3.35. The first-order valence-corrected chi connectivity index (χ1v) is 10.9. The molecule has 0 saturated carbocycles. The molecule has 1 aromatic heterocycles. The number of ether oxygens (including phenoxy) is 1. The van der Waals surface area contributed by atoms with Gasteiger partial charge in [0, 0.05) is 54.3 Å². The van der Waals surface area contributed by atoms with E-state index in [2.05, 4.69) is 15.2 Å². The van der Waals surface area contributed by atoms with Crippen molar-refractivity contribution < 1.29 is 27.4 Å². The molecule has 2 aromatic carbocycles. The van der Waals surface area contributed by atoms with Gasteiger partial charge in [-0.1, -0.05) is 0 Å². The second kappa shape index (κ2) is 9.50. The number of benzene rings is 2. The molecule has 0 aliphatic carbocycles. The lowest BCUT2D eigenvalue weighted by molar-refractivity contribution is -0.137. The predicted octanol–water partition coefficient (Wildman–Crippen LogP) is 5.48. The van der Waals surface area contributed by atoms with Crippen LogP contribution in [0.5, 0.6) is 11.5 Å². The molecular formula is C25H25F4N3O2. The summed E-state index contributed by atoms with van der Waals surface area (Å²) in [6.45, 7) is 1.34. The van der Waals surface area contributed by atoms with Crippen molar-refractivity contribution in [2.45, 2.75) is 25.1 Å². The first-order valence-electron chi connectivity index (χ1n) is 10.9. The first-order chi connectivity index (χ1) is 16.2. The lowest BCUT2D eigenvalue weighted by Crippen LogP contribution is -2.41. The molecule has 0 unspecified atom stereocenters. The molecule has 1 aliphatic rings. The number of nitrogens with one attached hydrogen (secondary N) is 1. The molecule has 1 aliphatic heterocycles. The lowest BCUT2D eigenvalue weighted by Gasteiger charge is -2.36. The smallest absolute Gasteiger partial charge is 0.416 e. The molecule has 9 heteroatoms. The van der Waals surface area contributed by atoms with Gasteiger partial charge in [0.1, 0.15) is 17.3 Å². The van der Waals surface area contributed by atoms with Crippen LogP contribution in [-0.4, -0.2) is 43.4 Å². The van der Waals surface area contributed by atoms with Crippen LogP contribution in [0.25, 0.3) is 22.3 Å². The fraction of sp³-hybridized carbons (Fsp3) is 0.320. The number of pyridine rings is 1. The van der Waals surface area contributed by atoms with Gasteiger partial charge < -0.3 is 20.1 Å². The van der Waals surface area contributed by atoms with Crippen molar-refractivity contribution >= 4 is 5.69 Å². The summed E-state index contributed by atoms with van der Waals surface area (Å²) in [6.07, 6.45) is 0.235. The van der Waals surface area contributed by atoms with Gasteiger partial charge in [-0.2, -0.15) is 13.2 Å². The van der Waals surface area contributed by atoms with Gasteiger partial charge in [0.05, 0.1) is 18.4 Å². The summed E-state index contributed by atoms with van der Waals surface area (Å²) in [4.78, 5) is 6.39. The number of hydrogen-bond acceptors (Lipinski definition) is 5. The lowest BCUT2D eigenvalue weighted by atomic mass is 9.94. The number of halogens is 4. The van der Waals surface area contributed by atoms with E-state index >= 15 is 0 Å². The van der Waals surface area contributed by atoms with Crippen molar-refractivity contribution in [3.63, 3.8) is 0 Å². The van der Waals surface area contributed by atoms with Crippen molar-refractivity contribution in [3.05, 3.63) is 60.2 Å². The van der Waals surface area contributed by atoms with Crippen LogP contribution in [0.4, 0.5) is 23.2 Å². The summed E-state index contributed by atoms with van der Waals surface area (Å²) in [5.74, 6) is -0.661. The Morgan fingerprint density at radius 2 is 1.74 bits per heavy atom. The third-order valence-corrected chi connectivity index (χ3v) is 6.17. The highest BCUT2D eigenvalue weighted by molar-refractivity contribution is 5.92. The Labute approximate surface area is 195 Å². The average molecular weight is 475 g/mol. The molecule has 4 rings (SSSR count). The zero-order chi connectivity index (χ0) is 24.5. The van der Waals surface area contributed by atoms with E-state index in [9.17, 15) is 22.7 Å². The van der Waals surface area contributed by atoms with Gasteiger partial charge >= 0.3 is 6.18 Å². The van der Waals surface area contributed by atoms with E-state index in [0.717, 1.165) is 18.9 Å². The Morgan fingerprint density at radius 1 is 1.03 bits per heavy atom. The van der Waals surface area contributed by atoms with Gasteiger partial charge in [-0.25, -0.2) is 4.39 Å². The molecule has 3 aromatic rings. The topological polar surface area (TPSA) is 57.6 Å². The van der Waals surface area contributed by atoms with E-state index in [-0.39, 0.29) is 5.56 Å². The van der Waals surface area contributed by atoms with Crippen LogP contribution in [0.3, 0.4) is 0 Å². The van der Waals surface area contributed by atoms with Crippen LogP contribution >= 0.6 is 0 Å². The quantitative estimate of drug-likeness (QED) is 0.479. The maximum Gasteiger partial charge on any atom is 0.416 e. The largest absolute Gasteiger partial charge is 0.507 e. The Balaban J connectivity index is 1.89. The summed E-state index contributed by atoms with van der Waals surface area (Å²) in [5, 5.41) is 13.8. The van der Waals surface area contributed by atoms with Crippen LogP contribution in [0.2, 0.25) is 0 Å². The molecule has 34 heavy (non-hydrogen) atoms. The molecule has 2 N–H and O–H groups in total. The molecule has 0 amide bonds. The minimum atomic E-state index is -4.58. The predicted molar refractivity (Wildman–Crippen MR) is 123 cm³/mol. The highest BCUT2D eigenvalue weighted by atomic mass is 19.4. The third-order valence-electron chi connectivity index (χ3n) is 6.17. The molecule has 1 fully saturated rings. The maximum absolute atomic E-state index is 14.3. The molecule has 0 radical (unpaired) electrons. The van der Waals surface area contributed by atoms with Crippen LogP contribution < -0.4 is 15.0 Å². The molecule has 0 atom stereocenters. The number of anilines is 1. The van der Waals surface area contributed by atoms with Crippen molar-refractivity contribution in [3.8, 4) is 33.8 Å². The van der Waals surface area contributed by atoms with E-state index in [1.54, 1.807) is 12.3 Å². The molecule has 1 saturated heterocycles. The molecule has 0 bridgehead atoms. The van der Waals surface area contributed by atoms with Gasteiger partial charge in [-0.15, -0.1) is 0 Å². The number of alkyl halides is 3. The summed E-state index contributed by atoms with van der Waals surface area (Å²) in [6, 6.07) is 7.54. The normalized spacial score (nSPS) is 14.9. The second-order valence-corrected chi connectivity index (χ2v) is 8.24. The first kappa shape index (κ1) is 23.8. The van der Waals surface area contributed by atoms with Gasteiger partial charge in [0.2, 0.25) is 0 Å². The van der Waals surface area contributed by atoms with E-state index in [0.29, 0.717) is 53.3 Å². The van der Waals surface area contributed by atoms with Crippen LogP contribution in [0.15, 0.2) is 48.8 Å². The fourth-order valence-electron chi connectivity index (χ4n) is 4.37. The Kier molecular flexibility index (Phi) is 6.65. The average Bonchev–Trinajstić information content (AvgIpc) is 2.82. The van der Waals surface area contributed by atoms with Gasteiger partial charge in [-0.05, 0) is 55.8 Å². The number of rotatable bonds is 5. The number of nitrogens with zero attached hydrogens (tertiary/aromatic N) is 2. The number of hydrogen-bond donors (Lipinski definition) is 2. The van der Waals surface area contributed by atoms with E-state index in [1.807, 2.05) is 7.05 Å². The molecular weight excluding hydrogens is 450 g/mol. The summed E-state index contributed by atoms with van der Waals surface area (Å²) < 4.78 is 59.0. The fourth-order valence-corrected chi connectivity index (χ4v) is 4.37. The minimum Gasteiger partial charge on any atom is -0.507 e. The van der Waals surface area contributed by atoms with E-state index in [1.165, 1.54) is 31.5 Å². The summed E-state index contributed by atoms with van der Waals surface area (Å²) in [5.41, 5.74) is 1.53. The Bertz CT molecular complexity index is 1180. The van der Waals surface area contributed by atoms with Gasteiger partial charge in [0.15, 0.2) is 0 Å². The zero-order valence-corrected chi connectivity index (χ0v) is 18.8. The SMILES string of the molecule is CNC1CCN(c2c(-c3cc(F)cc(OC)c3)cncc2-c2ccc(C(F)(F)F)cc2O)CC1. The number of aromatic nitrogens is 1. The maximum atomic E-state index is 14.3. The number of phenols is 1. The molecule has 0 spiro atoms. The summed E-state index contributed by atoms with van der Waals surface area (Å²) >= 11 is 0. The van der Waals surface area contributed by atoms with Crippen molar-refractivity contribution in [2.75, 3.05) is 32.1 Å². The van der Waals surface area contributed by atoms with Gasteiger partial charge in [0.25, 0.3) is 0 Å². The van der Waals surface area contributed by atoms with Crippen LogP contribution in [0.1, 0.15) is 18.4 Å². The zero-order valence-electron chi connectivity index (χ0n) is 18.8. The van der Waals surface area contributed by atoms with Crippen LogP contribution in [-0.2, 0) is 6.18 Å². The molecule has 2 heterocycles. The van der Waals surface area contributed by atoms with Crippen molar-refractivity contribution in [2.24, 2.45) is 0 Å². The Hall–Kier alpha value is -3.33. The standard InChI is InChI=1S/C25H25F4N3O2/c1-30-18-5-7-32(8-6-18)24-21(15-9-17(26)12-19(10-15)34-2)13-31-14-22(24)20-4-3-16(11-23(20)33)25(27,28)29/h3-4,9-14,18,30,33H,5-8H2,1-2H3. The highest BCUT2D eigenvalue weighted by Crippen LogP contribution is 2.44. The van der Waals surface area contributed by atoms with Crippen LogP contribution in [0, 0.1) is 5.82 Å². The van der Waals surface area contributed by atoms with Crippen molar-refractivity contribution in [1.29, 1.82) is 0 Å². The third kappa shape index (κ3) is 4.79. The second-order valence-electron chi connectivity index (χ2n) is 8.24. The molecule has 5 nitrogen and oxygen atoms in total.